The number of amides is 1. The number of hydrogen-bond donors (Lipinski definition) is 2. The molecule has 1 saturated heterocycles. The van der Waals surface area contributed by atoms with Crippen molar-refractivity contribution < 1.29 is 9.18 Å². The van der Waals surface area contributed by atoms with E-state index in [4.69, 9.17) is 0 Å². The van der Waals surface area contributed by atoms with Gasteiger partial charge in [-0.05, 0) is 44.5 Å². The second kappa shape index (κ2) is 6.91. The molecular formula is C17H21FN4O. The van der Waals surface area contributed by atoms with E-state index in [0.29, 0.717) is 11.6 Å². The molecule has 0 aliphatic carbocycles. The molecule has 2 heterocycles. The van der Waals surface area contributed by atoms with E-state index in [1.807, 2.05) is 13.1 Å². The largest absolute Gasteiger partial charge is 0.348 e. The van der Waals surface area contributed by atoms with Crippen molar-refractivity contribution in [3.05, 3.63) is 48.3 Å². The number of halogens is 1. The predicted molar refractivity (Wildman–Crippen MR) is 86.6 cm³/mol. The summed E-state index contributed by atoms with van der Waals surface area (Å²) in [6.45, 7) is 3.57. The van der Waals surface area contributed by atoms with Crippen LogP contribution in [0.25, 0.3) is 0 Å². The summed E-state index contributed by atoms with van der Waals surface area (Å²) in [7, 11) is 0. The highest BCUT2D eigenvalue weighted by atomic mass is 19.1. The van der Waals surface area contributed by atoms with Gasteiger partial charge < -0.3 is 10.3 Å². The van der Waals surface area contributed by atoms with Crippen LogP contribution >= 0.6 is 0 Å². The lowest BCUT2D eigenvalue weighted by Gasteiger charge is -2.35. The monoisotopic (exact) mass is 316 g/mol. The average molecular weight is 316 g/mol. The number of nitrogens with zero attached hydrogens (tertiary/aromatic N) is 2. The van der Waals surface area contributed by atoms with E-state index in [0.717, 1.165) is 31.8 Å². The van der Waals surface area contributed by atoms with Gasteiger partial charge in [0.25, 0.3) is 0 Å². The van der Waals surface area contributed by atoms with E-state index >= 15 is 0 Å². The Kier molecular flexibility index (Phi) is 4.71. The number of nitrogens with one attached hydrogen (secondary N) is 2. The zero-order valence-electron chi connectivity index (χ0n) is 13.1. The lowest BCUT2D eigenvalue weighted by molar-refractivity contribution is -0.121. The second-order valence-corrected chi connectivity index (χ2v) is 5.98. The number of imidazole rings is 1. The van der Waals surface area contributed by atoms with Crippen LogP contribution in [0.4, 0.5) is 10.1 Å². The summed E-state index contributed by atoms with van der Waals surface area (Å²) in [5.41, 5.74) is 0.487. The van der Waals surface area contributed by atoms with Crippen LogP contribution in [-0.4, -0.2) is 39.9 Å². The maximum atomic E-state index is 13.2. The van der Waals surface area contributed by atoms with Crippen LogP contribution in [0.1, 0.15) is 31.5 Å². The number of anilines is 1. The van der Waals surface area contributed by atoms with Crippen molar-refractivity contribution in [3.8, 4) is 0 Å². The third-order valence-corrected chi connectivity index (χ3v) is 4.38. The van der Waals surface area contributed by atoms with Gasteiger partial charge in [-0.15, -0.1) is 0 Å². The molecule has 0 bridgehead atoms. The Morgan fingerprint density at radius 3 is 3.13 bits per heavy atom. The number of likely N-dealkylation sites (tertiary alicyclic amines) is 1. The molecule has 1 aliphatic rings. The van der Waals surface area contributed by atoms with E-state index < -0.39 is 0 Å². The van der Waals surface area contributed by atoms with Gasteiger partial charge in [0.15, 0.2) is 0 Å². The van der Waals surface area contributed by atoms with Crippen molar-refractivity contribution >= 4 is 11.6 Å². The van der Waals surface area contributed by atoms with E-state index in [9.17, 15) is 9.18 Å². The van der Waals surface area contributed by atoms with Gasteiger partial charge >= 0.3 is 0 Å². The van der Waals surface area contributed by atoms with E-state index in [-0.39, 0.29) is 17.8 Å². The van der Waals surface area contributed by atoms with Crippen molar-refractivity contribution in [2.75, 3.05) is 18.4 Å². The fourth-order valence-electron chi connectivity index (χ4n) is 3.06. The fourth-order valence-corrected chi connectivity index (χ4v) is 3.06. The summed E-state index contributed by atoms with van der Waals surface area (Å²) in [5.74, 6) is 0.831. The van der Waals surface area contributed by atoms with Crippen LogP contribution < -0.4 is 5.32 Å². The molecule has 2 N–H and O–H groups in total. The van der Waals surface area contributed by atoms with Gasteiger partial charge in [0.1, 0.15) is 11.6 Å². The number of aromatic amines is 1. The number of rotatable bonds is 4. The number of H-pyrrole nitrogens is 1. The van der Waals surface area contributed by atoms with Crippen molar-refractivity contribution in [3.63, 3.8) is 0 Å². The number of piperidine rings is 1. The van der Waals surface area contributed by atoms with E-state index in [1.54, 1.807) is 18.3 Å². The van der Waals surface area contributed by atoms with E-state index in [1.165, 1.54) is 12.1 Å². The smallest absolute Gasteiger partial charge is 0.241 e. The first-order valence-electron chi connectivity index (χ1n) is 7.93. The van der Waals surface area contributed by atoms with Gasteiger partial charge in [0.2, 0.25) is 5.91 Å². The summed E-state index contributed by atoms with van der Waals surface area (Å²) in [6, 6.07) is 5.69. The molecule has 2 aromatic rings. The Hall–Kier alpha value is -2.21. The highest BCUT2D eigenvalue weighted by Gasteiger charge is 2.29. The minimum Gasteiger partial charge on any atom is -0.348 e. The predicted octanol–water partition coefficient (Wildman–Crippen LogP) is 2.76. The summed E-state index contributed by atoms with van der Waals surface area (Å²) >= 11 is 0. The Morgan fingerprint density at radius 2 is 2.39 bits per heavy atom. The van der Waals surface area contributed by atoms with Gasteiger partial charge in [-0.25, -0.2) is 9.37 Å². The van der Waals surface area contributed by atoms with Crippen LogP contribution in [-0.2, 0) is 4.79 Å². The number of hydrogen-bond acceptors (Lipinski definition) is 3. The number of benzene rings is 1. The average Bonchev–Trinajstić information content (AvgIpc) is 3.09. The first kappa shape index (κ1) is 15.7. The number of carbonyl (C=O) groups is 1. The lowest BCUT2D eigenvalue weighted by atomic mass is 9.96. The first-order chi connectivity index (χ1) is 11.1. The zero-order valence-corrected chi connectivity index (χ0v) is 13.1. The van der Waals surface area contributed by atoms with Crippen LogP contribution in [0.3, 0.4) is 0 Å². The summed E-state index contributed by atoms with van der Waals surface area (Å²) < 4.78 is 13.2. The van der Waals surface area contributed by atoms with Gasteiger partial charge in [-0.3, -0.25) is 9.69 Å². The molecule has 0 radical (unpaired) electrons. The van der Waals surface area contributed by atoms with Crippen LogP contribution in [0, 0.1) is 5.82 Å². The standard InChI is InChI=1S/C17H21FN4O/c1-12(17(23)21-15-6-2-5-14(18)10-15)22-9-3-4-13(11-22)16-19-7-8-20-16/h2,5-8,10,12-13H,3-4,9,11H2,1H3,(H,19,20)(H,21,23). The van der Waals surface area contributed by atoms with Crippen molar-refractivity contribution in [1.29, 1.82) is 0 Å². The SMILES string of the molecule is CC(C(=O)Nc1cccc(F)c1)N1CCCC(c2ncc[nH]2)C1. The first-order valence-corrected chi connectivity index (χ1v) is 7.93. The topological polar surface area (TPSA) is 61.0 Å². The minimum atomic E-state index is -0.355. The van der Waals surface area contributed by atoms with Crippen LogP contribution in [0.5, 0.6) is 0 Å². The summed E-state index contributed by atoms with van der Waals surface area (Å²) in [4.78, 5) is 22.1. The van der Waals surface area contributed by atoms with E-state index in [2.05, 4.69) is 20.2 Å². The van der Waals surface area contributed by atoms with Crippen molar-refractivity contribution in [2.45, 2.75) is 31.7 Å². The molecule has 122 valence electrons. The lowest BCUT2D eigenvalue weighted by Crippen LogP contribution is -2.46. The molecule has 5 nitrogen and oxygen atoms in total. The normalized spacial score (nSPS) is 20.2. The third-order valence-electron chi connectivity index (χ3n) is 4.38. The molecule has 0 saturated carbocycles. The maximum absolute atomic E-state index is 13.2. The molecule has 0 spiro atoms. The van der Waals surface area contributed by atoms with Crippen LogP contribution in [0.2, 0.25) is 0 Å². The zero-order chi connectivity index (χ0) is 16.2. The highest BCUT2D eigenvalue weighted by molar-refractivity contribution is 5.94. The van der Waals surface area contributed by atoms with Crippen LogP contribution in [0.15, 0.2) is 36.7 Å². The molecule has 2 atom stereocenters. The van der Waals surface area contributed by atoms with Gasteiger partial charge in [0, 0.05) is 30.5 Å². The molecule has 1 amide bonds. The van der Waals surface area contributed by atoms with Crippen molar-refractivity contribution in [2.24, 2.45) is 0 Å². The Morgan fingerprint density at radius 1 is 1.52 bits per heavy atom. The third kappa shape index (κ3) is 3.76. The Labute approximate surface area is 134 Å². The second-order valence-electron chi connectivity index (χ2n) is 5.98. The van der Waals surface area contributed by atoms with Gasteiger partial charge in [-0.2, -0.15) is 0 Å². The fraction of sp³-hybridized carbons (Fsp3) is 0.412. The molecule has 1 aliphatic heterocycles. The molecule has 1 aromatic carbocycles. The molecule has 1 aromatic heterocycles. The Bertz CT molecular complexity index is 658. The maximum Gasteiger partial charge on any atom is 0.241 e. The molecule has 6 heteroatoms. The molecule has 3 rings (SSSR count). The van der Waals surface area contributed by atoms with Gasteiger partial charge in [0.05, 0.1) is 6.04 Å². The molecule has 1 fully saturated rings. The number of carbonyl (C=O) groups excluding carboxylic acids is 1. The highest BCUT2D eigenvalue weighted by Crippen LogP contribution is 2.25. The number of aromatic nitrogens is 2. The minimum absolute atomic E-state index is 0.115. The molecule has 23 heavy (non-hydrogen) atoms. The van der Waals surface area contributed by atoms with Gasteiger partial charge in [-0.1, -0.05) is 6.07 Å². The molecular weight excluding hydrogens is 295 g/mol. The van der Waals surface area contributed by atoms with Crippen molar-refractivity contribution in [1.82, 2.24) is 14.9 Å². The Balaban J connectivity index is 1.62. The summed E-state index contributed by atoms with van der Waals surface area (Å²) in [5, 5.41) is 2.79. The molecule has 2 unspecified atom stereocenters. The quantitative estimate of drug-likeness (QED) is 0.912. The summed E-state index contributed by atoms with van der Waals surface area (Å²) in [6.07, 6.45) is 5.69.